The number of halogens is 2. The highest BCUT2D eigenvalue weighted by atomic mass is 19.1. The number of esters is 2. The number of rotatable bonds is 8. The van der Waals surface area contributed by atoms with Crippen LogP contribution in [0.15, 0.2) is 60.7 Å². The molecular weight excluding hydrogens is 370 g/mol. The molecule has 0 unspecified atom stereocenters. The van der Waals surface area contributed by atoms with Crippen molar-refractivity contribution in [3.63, 3.8) is 0 Å². The summed E-state index contributed by atoms with van der Waals surface area (Å²) in [5.74, 6) is -3.11. The molecule has 7 heteroatoms. The molecule has 0 heterocycles. The summed E-state index contributed by atoms with van der Waals surface area (Å²) < 4.78 is 35.4. The van der Waals surface area contributed by atoms with Crippen molar-refractivity contribution in [2.24, 2.45) is 0 Å². The summed E-state index contributed by atoms with van der Waals surface area (Å²) in [6, 6.07) is 11.1. The van der Waals surface area contributed by atoms with Gasteiger partial charge < -0.3 is 9.47 Å². The number of ether oxygens (including phenoxy) is 2. The van der Waals surface area contributed by atoms with E-state index in [4.69, 9.17) is 9.47 Å². The molecule has 0 spiro atoms. The molecule has 0 amide bonds. The molecule has 0 radical (unpaired) electrons. The fourth-order valence-electron chi connectivity index (χ4n) is 1.99. The van der Waals surface area contributed by atoms with Crippen molar-refractivity contribution in [3.8, 4) is 0 Å². The summed E-state index contributed by atoms with van der Waals surface area (Å²) in [6.07, 6.45) is 4.78. The van der Waals surface area contributed by atoms with Gasteiger partial charge in [-0.25, -0.2) is 18.4 Å². The maximum atomic E-state index is 13.0. The Kier molecular flexibility index (Phi) is 7.77. The number of carbonyl (C=O) groups is 3. The highest BCUT2D eigenvalue weighted by molar-refractivity contribution is 5.92. The summed E-state index contributed by atoms with van der Waals surface area (Å²) >= 11 is 0. The Balaban J connectivity index is 1.70. The zero-order valence-corrected chi connectivity index (χ0v) is 14.6. The third kappa shape index (κ3) is 7.74. The molecule has 0 bridgehead atoms. The van der Waals surface area contributed by atoms with Crippen LogP contribution in [-0.4, -0.2) is 30.9 Å². The van der Waals surface area contributed by atoms with Crippen LogP contribution < -0.4 is 0 Å². The molecule has 0 aliphatic rings. The monoisotopic (exact) mass is 386 g/mol. The molecule has 0 N–H and O–H groups in total. The molecule has 0 atom stereocenters. The molecule has 28 heavy (non-hydrogen) atoms. The standard InChI is InChI=1S/C21H16F2O5/c22-17-5-1-3-15(11-17)7-9-20(25)27-13-19(24)14-28-21(26)10-8-16-4-2-6-18(23)12-16/h1-12H,13-14H2/b9-7+,10-8+. The van der Waals surface area contributed by atoms with Crippen molar-refractivity contribution >= 4 is 29.9 Å². The molecule has 2 aromatic rings. The lowest BCUT2D eigenvalue weighted by Gasteiger charge is -2.02. The predicted octanol–water partition coefficient (Wildman–Crippen LogP) is 3.35. The van der Waals surface area contributed by atoms with Gasteiger partial charge >= 0.3 is 11.9 Å². The van der Waals surface area contributed by atoms with Crippen LogP contribution in [0.4, 0.5) is 8.78 Å². The van der Waals surface area contributed by atoms with Crippen molar-refractivity contribution in [3.05, 3.63) is 83.4 Å². The number of carbonyl (C=O) groups excluding carboxylic acids is 3. The third-order valence-corrected chi connectivity index (χ3v) is 3.27. The van der Waals surface area contributed by atoms with Gasteiger partial charge in [-0.1, -0.05) is 24.3 Å². The molecule has 0 fully saturated rings. The minimum Gasteiger partial charge on any atom is -0.454 e. The van der Waals surface area contributed by atoms with Crippen LogP contribution in [-0.2, 0) is 23.9 Å². The van der Waals surface area contributed by atoms with Crippen molar-refractivity contribution in [1.29, 1.82) is 0 Å². The first-order valence-electron chi connectivity index (χ1n) is 8.15. The fourth-order valence-corrected chi connectivity index (χ4v) is 1.99. The first-order chi connectivity index (χ1) is 13.4. The Morgan fingerprint density at radius 3 is 1.57 bits per heavy atom. The molecule has 0 saturated heterocycles. The van der Waals surface area contributed by atoms with E-state index < -0.39 is 42.6 Å². The van der Waals surface area contributed by atoms with Crippen LogP contribution in [0.1, 0.15) is 11.1 Å². The Morgan fingerprint density at radius 2 is 1.18 bits per heavy atom. The molecule has 0 saturated carbocycles. The average Bonchev–Trinajstić information content (AvgIpc) is 2.67. The van der Waals surface area contributed by atoms with Gasteiger partial charge in [0.2, 0.25) is 5.78 Å². The SMILES string of the molecule is O=C(COC(=O)/C=C/c1cccc(F)c1)COC(=O)/C=C/c1cccc(F)c1. The number of ketones is 1. The van der Waals surface area contributed by atoms with E-state index in [1.54, 1.807) is 12.1 Å². The lowest BCUT2D eigenvalue weighted by Crippen LogP contribution is -2.19. The largest absolute Gasteiger partial charge is 0.454 e. The molecule has 144 valence electrons. The van der Waals surface area contributed by atoms with E-state index in [9.17, 15) is 23.2 Å². The van der Waals surface area contributed by atoms with Gasteiger partial charge in [-0.3, -0.25) is 4.79 Å². The highest BCUT2D eigenvalue weighted by Crippen LogP contribution is 2.06. The van der Waals surface area contributed by atoms with Crippen molar-refractivity contribution < 1.29 is 32.6 Å². The highest BCUT2D eigenvalue weighted by Gasteiger charge is 2.08. The van der Waals surface area contributed by atoms with Gasteiger partial charge in [0.1, 0.15) is 11.6 Å². The lowest BCUT2D eigenvalue weighted by molar-refractivity contribution is -0.148. The van der Waals surface area contributed by atoms with E-state index in [0.717, 1.165) is 12.2 Å². The minimum atomic E-state index is -0.796. The van der Waals surface area contributed by atoms with Crippen LogP contribution in [0, 0.1) is 11.6 Å². The van der Waals surface area contributed by atoms with Gasteiger partial charge in [-0.15, -0.1) is 0 Å². The molecular formula is C21H16F2O5. The summed E-state index contributed by atoms with van der Waals surface area (Å²) in [7, 11) is 0. The second kappa shape index (κ2) is 10.5. The maximum absolute atomic E-state index is 13.0. The van der Waals surface area contributed by atoms with E-state index in [1.807, 2.05) is 0 Å². The number of benzene rings is 2. The molecule has 0 aromatic heterocycles. The first-order valence-corrected chi connectivity index (χ1v) is 8.15. The summed E-state index contributed by atoms with van der Waals surface area (Å²) in [5, 5.41) is 0. The first kappa shape index (κ1) is 20.7. The number of hydrogen-bond donors (Lipinski definition) is 0. The fraction of sp³-hybridized carbons (Fsp3) is 0.0952. The molecule has 2 rings (SSSR count). The van der Waals surface area contributed by atoms with Crippen LogP contribution >= 0.6 is 0 Å². The third-order valence-electron chi connectivity index (χ3n) is 3.27. The zero-order valence-electron chi connectivity index (χ0n) is 14.6. The van der Waals surface area contributed by atoms with Gasteiger partial charge in [0.15, 0.2) is 13.2 Å². The van der Waals surface area contributed by atoms with E-state index in [-0.39, 0.29) is 0 Å². The summed E-state index contributed by atoms with van der Waals surface area (Å²) in [6.45, 7) is -1.15. The quantitative estimate of drug-likeness (QED) is 0.514. The number of Topliss-reactive ketones (excluding diaryl/α,β-unsaturated/α-hetero) is 1. The van der Waals surface area contributed by atoms with E-state index >= 15 is 0 Å². The van der Waals surface area contributed by atoms with Gasteiger partial charge in [0.25, 0.3) is 0 Å². The Hall–Kier alpha value is -3.61. The molecule has 2 aromatic carbocycles. The average molecular weight is 386 g/mol. The van der Waals surface area contributed by atoms with Gasteiger partial charge in [0, 0.05) is 12.2 Å². The lowest BCUT2D eigenvalue weighted by atomic mass is 10.2. The van der Waals surface area contributed by atoms with Gasteiger partial charge in [0.05, 0.1) is 0 Å². The van der Waals surface area contributed by atoms with Crippen LogP contribution in [0.5, 0.6) is 0 Å². The van der Waals surface area contributed by atoms with E-state index in [1.165, 1.54) is 48.6 Å². The van der Waals surface area contributed by atoms with Crippen molar-refractivity contribution in [1.82, 2.24) is 0 Å². The predicted molar refractivity (Wildman–Crippen MR) is 97.8 cm³/mol. The maximum Gasteiger partial charge on any atom is 0.331 e. The van der Waals surface area contributed by atoms with Crippen molar-refractivity contribution in [2.45, 2.75) is 0 Å². The zero-order chi connectivity index (χ0) is 20.4. The van der Waals surface area contributed by atoms with Crippen molar-refractivity contribution in [2.75, 3.05) is 13.2 Å². The molecule has 5 nitrogen and oxygen atoms in total. The topological polar surface area (TPSA) is 69.7 Å². The normalized spacial score (nSPS) is 10.9. The smallest absolute Gasteiger partial charge is 0.331 e. The van der Waals surface area contributed by atoms with E-state index in [2.05, 4.69) is 0 Å². The summed E-state index contributed by atoms with van der Waals surface area (Å²) in [5.41, 5.74) is 0.921. The second-order valence-corrected chi connectivity index (χ2v) is 5.53. The Bertz CT molecular complexity index is 845. The van der Waals surface area contributed by atoms with Gasteiger partial charge in [-0.05, 0) is 47.5 Å². The number of hydrogen-bond acceptors (Lipinski definition) is 5. The summed E-state index contributed by atoms with van der Waals surface area (Å²) in [4.78, 5) is 34.6. The molecule has 0 aliphatic heterocycles. The van der Waals surface area contributed by atoms with Crippen LogP contribution in [0.3, 0.4) is 0 Å². The Morgan fingerprint density at radius 1 is 0.750 bits per heavy atom. The van der Waals surface area contributed by atoms with Gasteiger partial charge in [-0.2, -0.15) is 0 Å². The van der Waals surface area contributed by atoms with Crippen LogP contribution in [0.25, 0.3) is 12.2 Å². The minimum absolute atomic E-state index is 0.445. The van der Waals surface area contributed by atoms with E-state index in [0.29, 0.717) is 11.1 Å². The van der Waals surface area contributed by atoms with Crippen LogP contribution in [0.2, 0.25) is 0 Å². The molecule has 0 aliphatic carbocycles. The Labute approximate surface area is 159 Å². The second-order valence-electron chi connectivity index (χ2n) is 5.53.